The Balaban J connectivity index is 1.12. The van der Waals surface area contributed by atoms with Gasteiger partial charge in [0.25, 0.3) is 0 Å². The molecule has 2 aromatic carbocycles. The van der Waals surface area contributed by atoms with Gasteiger partial charge in [-0.1, -0.05) is 66.6 Å². The summed E-state index contributed by atoms with van der Waals surface area (Å²) < 4.78 is 69.6. The van der Waals surface area contributed by atoms with Gasteiger partial charge in [0.05, 0.1) is 19.8 Å². The zero-order valence-corrected chi connectivity index (χ0v) is 26.5. The molecule has 248 valence electrons. The van der Waals surface area contributed by atoms with Crippen molar-refractivity contribution in [3.05, 3.63) is 71.8 Å². The van der Waals surface area contributed by atoms with Crippen LogP contribution in [0.25, 0.3) is 0 Å². The smallest absolute Gasteiger partial charge is 0.190 e. The van der Waals surface area contributed by atoms with E-state index in [4.69, 9.17) is 58.5 Å². The Kier molecular flexibility index (Phi) is 9.23. The third kappa shape index (κ3) is 6.76. The molecule has 11 heteroatoms. The average molecular weight is 639 g/mol. The van der Waals surface area contributed by atoms with Crippen molar-refractivity contribution < 1.29 is 52.1 Å². The molecule has 0 aliphatic carbocycles. The fourth-order valence-corrected chi connectivity index (χ4v) is 6.75. The van der Waals surface area contributed by atoms with Crippen molar-refractivity contribution in [2.24, 2.45) is 0 Å². The lowest BCUT2D eigenvalue weighted by Gasteiger charge is -2.49. The minimum absolute atomic E-state index is 0.0227. The Bertz CT molecular complexity index is 1350. The lowest BCUT2D eigenvalue weighted by molar-refractivity contribution is -0.374. The maximum absolute atomic E-state index is 6.58. The number of terminal acetylenes is 1. The average Bonchev–Trinajstić information content (AvgIpc) is 3.55. The van der Waals surface area contributed by atoms with Gasteiger partial charge in [0.2, 0.25) is 0 Å². The SMILES string of the molecule is C#CCO[C@@H]1[C@H](OC[C@H]2O[C@@H]3OC(C)(C)O[C@@H]3[C@H]3OC(C)(C)O[C@H]32)O[C@@H]2CO[C@@H](c3ccccc3)O[C@H]2[C@@H]1OCc1ccccc1. The largest absolute Gasteiger partial charge is 0.368 e. The molecule has 7 rings (SSSR count). The molecule has 0 spiro atoms. The van der Waals surface area contributed by atoms with Crippen LogP contribution in [0.15, 0.2) is 60.7 Å². The van der Waals surface area contributed by atoms with Crippen molar-refractivity contribution in [3.8, 4) is 12.3 Å². The van der Waals surface area contributed by atoms with Crippen molar-refractivity contribution in [1.82, 2.24) is 0 Å². The highest BCUT2D eigenvalue weighted by Gasteiger charge is 2.61. The van der Waals surface area contributed by atoms with Crippen LogP contribution < -0.4 is 0 Å². The van der Waals surface area contributed by atoms with Crippen LogP contribution in [0, 0.1) is 12.3 Å². The second kappa shape index (κ2) is 13.2. The fourth-order valence-electron chi connectivity index (χ4n) is 6.75. The molecule has 5 heterocycles. The molecule has 5 aliphatic heterocycles. The molecule has 5 saturated heterocycles. The monoisotopic (exact) mass is 638 g/mol. The molecule has 5 aliphatic rings. The summed E-state index contributed by atoms with van der Waals surface area (Å²) in [5.74, 6) is 0.902. The molecular formula is C35H42O11. The van der Waals surface area contributed by atoms with E-state index < -0.39 is 79.3 Å². The molecule has 11 atom stereocenters. The second-order valence-corrected chi connectivity index (χ2v) is 13.0. The molecule has 0 bridgehead atoms. The van der Waals surface area contributed by atoms with Gasteiger partial charge in [0.15, 0.2) is 30.4 Å². The molecule has 2 aromatic rings. The lowest BCUT2D eigenvalue weighted by Crippen LogP contribution is -2.64. The summed E-state index contributed by atoms with van der Waals surface area (Å²) in [5, 5.41) is 0. The van der Waals surface area contributed by atoms with Crippen molar-refractivity contribution >= 4 is 0 Å². The zero-order chi connectivity index (χ0) is 31.9. The first kappa shape index (κ1) is 32.1. The number of ether oxygens (including phenoxy) is 11. The first-order valence-electron chi connectivity index (χ1n) is 15.9. The third-order valence-corrected chi connectivity index (χ3v) is 8.68. The summed E-state index contributed by atoms with van der Waals surface area (Å²) in [6.45, 7) is 8.13. The number of rotatable bonds is 9. The van der Waals surface area contributed by atoms with E-state index in [1.54, 1.807) is 0 Å². The van der Waals surface area contributed by atoms with Gasteiger partial charge in [0, 0.05) is 5.56 Å². The van der Waals surface area contributed by atoms with Gasteiger partial charge in [-0.2, -0.15) is 0 Å². The summed E-state index contributed by atoms with van der Waals surface area (Å²) in [4.78, 5) is 0. The molecule has 0 unspecified atom stereocenters. The Morgan fingerprint density at radius 1 is 0.739 bits per heavy atom. The van der Waals surface area contributed by atoms with Gasteiger partial charge >= 0.3 is 0 Å². The van der Waals surface area contributed by atoms with E-state index in [0.29, 0.717) is 6.61 Å². The summed E-state index contributed by atoms with van der Waals surface area (Å²) >= 11 is 0. The van der Waals surface area contributed by atoms with Crippen LogP contribution in [-0.4, -0.2) is 92.8 Å². The number of hydrogen-bond acceptors (Lipinski definition) is 11. The maximum atomic E-state index is 6.58. The second-order valence-electron chi connectivity index (χ2n) is 13.0. The zero-order valence-electron chi connectivity index (χ0n) is 26.5. The summed E-state index contributed by atoms with van der Waals surface area (Å²) in [6.07, 6.45) is -0.711. The Hall–Kier alpha value is -2.44. The molecule has 0 radical (unpaired) electrons. The topological polar surface area (TPSA) is 102 Å². The molecule has 46 heavy (non-hydrogen) atoms. The van der Waals surface area contributed by atoms with Crippen molar-refractivity contribution in [3.63, 3.8) is 0 Å². The normalized spacial score (nSPS) is 39.2. The van der Waals surface area contributed by atoms with Gasteiger partial charge in [-0.15, -0.1) is 6.42 Å². The van der Waals surface area contributed by atoms with E-state index in [1.807, 2.05) is 88.4 Å². The Labute approximate surface area is 269 Å². The van der Waals surface area contributed by atoms with Gasteiger partial charge in [-0.25, -0.2) is 0 Å². The highest BCUT2D eigenvalue weighted by Crippen LogP contribution is 2.44. The Morgan fingerprint density at radius 3 is 2.20 bits per heavy atom. The van der Waals surface area contributed by atoms with E-state index >= 15 is 0 Å². The fraction of sp³-hybridized carbons (Fsp3) is 0.600. The molecule has 0 aromatic heterocycles. The lowest BCUT2D eigenvalue weighted by atomic mass is 9.96. The van der Waals surface area contributed by atoms with Crippen LogP contribution in [0.1, 0.15) is 45.1 Å². The van der Waals surface area contributed by atoms with Crippen LogP contribution in [0.4, 0.5) is 0 Å². The number of hydrogen-bond donors (Lipinski definition) is 0. The van der Waals surface area contributed by atoms with E-state index in [9.17, 15) is 0 Å². The predicted molar refractivity (Wildman–Crippen MR) is 161 cm³/mol. The number of fused-ring (bicyclic) bond motifs is 4. The summed E-state index contributed by atoms with van der Waals surface area (Å²) in [5.41, 5.74) is 1.90. The van der Waals surface area contributed by atoms with Crippen LogP contribution >= 0.6 is 0 Å². The molecular weight excluding hydrogens is 596 g/mol. The summed E-state index contributed by atoms with van der Waals surface area (Å²) in [6, 6.07) is 19.7. The summed E-state index contributed by atoms with van der Waals surface area (Å²) in [7, 11) is 0. The molecule has 5 fully saturated rings. The highest BCUT2D eigenvalue weighted by atomic mass is 16.9. The van der Waals surface area contributed by atoms with E-state index in [1.165, 1.54) is 0 Å². The molecule has 0 saturated carbocycles. The van der Waals surface area contributed by atoms with E-state index in [0.717, 1.165) is 11.1 Å². The first-order valence-corrected chi connectivity index (χ1v) is 15.9. The van der Waals surface area contributed by atoms with Crippen LogP contribution in [-0.2, 0) is 58.7 Å². The van der Waals surface area contributed by atoms with E-state index in [2.05, 4.69) is 5.92 Å². The minimum atomic E-state index is -0.886. The highest BCUT2D eigenvalue weighted by molar-refractivity contribution is 5.17. The van der Waals surface area contributed by atoms with Gasteiger partial charge < -0.3 is 52.1 Å². The molecule has 0 amide bonds. The van der Waals surface area contributed by atoms with Crippen LogP contribution in [0.5, 0.6) is 0 Å². The molecule has 0 N–H and O–H groups in total. The van der Waals surface area contributed by atoms with Crippen LogP contribution in [0.3, 0.4) is 0 Å². The van der Waals surface area contributed by atoms with Crippen LogP contribution in [0.2, 0.25) is 0 Å². The number of benzene rings is 2. The van der Waals surface area contributed by atoms with Gasteiger partial charge in [-0.05, 0) is 33.3 Å². The maximum Gasteiger partial charge on any atom is 0.190 e. The Morgan fingerprint density at radius 2 is 1.43 bits per heavy atom. The van der Waals surface area contributed by atoms with Gasteiger partial charge in [-0.3, -0.25) is 0 Å². The minimum Gasteiger partial charge on any atom is -0.368 e. The third-order valence-electron chi connectivity index (χ3n) is 8.68. The predicted octanol–water partition coefficient (Wildman–Crippen LogP) is 3.84. The van der Waals surface area contributed by atoms with Crippen molar-refractivity contribution in [2.75, 3.05) is 19.8 Å². The van der Waals surface area contributed by atoms with E-state index in [-0.39, 0.29) is 19.8 Å². The standard InChI is InChI=1S/C35H42O11/c1-6-17-36-29-27(37-18-21-13-9-7-10-14-21)25-23(19-38-31(42-25)22-15-11-8-12-16-22)40-32(29)39-20-24-26-28(44-34(2,3)43-26)30-33(41-24)46-35(4,5)45-30/h1,7-16,23-33H,17-20H2,2-5H3/t23-,24-,25-,26+,27+,28+,29+,30-,31-,32-,33-/m1/s1. The van der Waals surface area contributed by atoms with Gasteiger partial charge in [0.1, 0.15) is 55.4 Å². The van der Waals surface area contributed by atoms with Crippen molar-refractivity contribution in [2.45, 2.75) is 114 Å². The quantitative estimate of drug-likeness (QED) is 0.375. The first-order chi connectivity index (χ1) is 22.2. The van der Waals surface area contributed by atoms with Crippen molar-refractivity contribution in [1.29, 1.82) is 0 Å². The molecule has 11 nitrogen and oxygen atoms in total.